The van der Waals surface area contributed by atoms with Gasteiger partial charge in [-0.05, 0) is 6.42 Å². The summed E-state index contributed by atoms with van der Waals surface area (Å²) in [5.41, 5.74) is 0. The summed E-state index contributed by atoms with van der Waals surface area (Å²) in [7, 11) is 0. The van der Waals surface area contributed by atoms with Gasteiger partial charge in [-0.1, -0.05) is 6.08 Å². The third kappa shape index (κ3) is 2.12. The van der Waals surface area contributed by atoms with Crippen molar-refractivity contribution in [2.45, 2.75) is 25.6 Å². The molecule has 1 aliphatic heterocycles. The van der Waals surface area contributed by atoms with Gasteiger partial charge >= 0.3 is 5.97 Å². The maximum Gasteiger partial charge on any atom is 0.337 e. The quantitative estimate of drug-likeness (QED) is 0.475. The standard InChI is InChI=1S/C9H12O3/c1-3-4-6-9(2)11-7-5-8(10)12-9/h3,5,7H,1,4,6H2,2H3. The van der Waals surface area contributed by atoms with Crippen molar-refractivity contribution in [3.8, 4) is 0 Å². The molecule has 66 valence electrons. The molecule has 0 saturated heterocycles. The maximum absolute atomic E-state index is 10.8. The van der Waals surface area contributed by atoms with E-state index in [2.05, 4.69) is 6.58 Å². The monoisotopic (exact) mass is 168 g/mol. The zero-order valence-electron chi connectivity index (χ0n) is 7.08. The maximum atomic E-state index is 10.8. The van der Waals surface area contributed by atoms with Crippen LogP contribution in [0.2, 0.25) is 0 Å². The van der Waals surface area contributed by atoms with Gasteiger partial charge in [-0.25, -0.2) is 4.79 Å². The topological polar surface area (TPSA) is 35.5 Å². The van der Waals surface area contributed by atoms with E-state index >= 15 is 0 Å². The molecule has 1 unspecified atom stereocenters. The first-order valence-electron chi connectivity index (χ1n) is 3.84. The van der Waals surface area contributed by atoms with Crippen molar-refractivity contribution in [1.82, 2.24) is 0 Å². The van der Waals surface area contributed by atoms with Gasteiger partial charge in [-0.2, -0.15) is 0 Å². The summed E-state index contributed by atoms with van der Waals surface area (Å²) in [4.78, 5) is 10.8. The Morgan fingerprint density at radius 1 is 1.75 bits per heavy atom. The molecule has 1 aliphatic rings. The lowest BCUT2D eigenvalue weighted by molar-refractivity contribution is -0.208. The fraction of sp³-hybridized carbons (Fsp3) is 0.444. The SMILES string of the molecule is C=CCCC1(C)OC=CC(=O)O1. The number of carbonyl (C=O) groups is 1. The Hall–Kier alpha value is -1.25. The van der Waals surface area contributed by atoms with Gasteiger partial charge in [0.1, 0.15) is 0 Å². The number of allylic oxidation sites excluding steroid dienone is 1. The van der Waals surface area contributed by atoms with E-state index < -0.39 is 5.79 Å². The fourth-order valence-corrected chi connectivity index (χ4v) is 0.979. The molecule has 0 radical (unpaired) electrons. The molecule has 3 nitrogen and oxygen atoms in total. The molecule has 0 spiro atoms. The normalized spacial score (nSPS) is 27.6. The number of rotatable bonds is 3. The molecule has 0 fully saturated rings. The van der Waals surface area contributed by atoms with Gasteiger partial charge < -0.3 is 9.47 Å². The molecule has 0 amide bonds. The smallest absolute Gasteiger partial charge is 0.337 e. The first-order chi connectivity index (χ1) is 5.66. The Morgan fingerprint density at radius 2 is 2.50 bits per heavy atom. The van der Waals surface area contributed by atoms with Crippen molar-refractivity contribution in [1.29, 1.82) is 0 Å². The molecule has 1 atom stereocenters. The second kappa shape index (κ2) is 3.43. The fourth-order valence-electron chi connectivity index (χ4n) is 0.979. The van der Waals surface area contributed by atoms with E-state index in [0.717, 1.165) is 6.42 Å². The van der Waals surface area contributed by atoms with Crippen LogP contribution in [0.3, 0.4) is 0 Å². The Morgan fingerprint density at radius 3 is 3.08 bits per heavy atom. The minimum Gasteiger partial charge on any atom is -0.460 e. The van der Waals surface area contributed by atoms with Crippen LogP contribution in [0.1, 0.15) is 19.8 Å². The summed E-state index contributed by atoms with van der Waals surface area (Å²) in [6.07, 6.45) is 5.79. The van der Waals surface area contributed by atoms with Crippen molar-refractivity contribution >= 4 is 5.97 Å². The van der Waals surface area contributed by atoms with E-state index in [1.54, 1.807) is 13.0 Å². The first-order valence-corrected chi connectivity index (χ1v) is 3.84. The molecule has 0 aromatic heterocycles. The zero-order chi connectivity index (χ0) is 9.03. The van der Waals surface area contributed by atoms with Gasteiger partial charge in [0.2, 0.25) is 0 Å². The molecule has 1 rings (SSSR count). The molecule has 0 aromatic carbocycles. The van der Waals surface area contributed by atoms with Crippen molar-refractivity contribution in [2.75, 3.05) is 0 Å². The van der Waals surface area contributed by atoms with Gasteiger partial charge in [-0.15, -0.1) is 6.58 Å². The highest BCUT2D eigenvalue weighted by molar-refractivity contribution is 5.82. The van der Waals surface area contributed by atoms with Crippen LogP contribution in [0.5, 0.6) is 0 Å². The number of esters is 1. The molecule has 0 aliphatic carbocycles. The second-order valence-electron chi connectivity index (χ2n) is 2.80. The lowest BCUT2D eigenvalue weighted by Crippen LogP contribution is -2.35. The van der Waals surface area contributed by atoms with Crippen molar-refractivity contribution in [2.24, 2.45) is 0 Å². The average molecular weight is 168 g/mol. The van der Waals surface area contributed by atoms with E-state index in [1.807, 2.05) is 0 Å². The number of hydrogen-bond donors (Lipinski definition) is 0. The Labute approximate surface area is 71.7 Å². The minimum absolute atomic E-state index is 0.354. The Balaban J connectivity index is 2.53. The predicted molar refractivity (Wildman–Crippen MR) is 44.2 cm³/mol. The lowest BCUT2D eigenvalue weighted by atomic mass is 10.1. The van der Waals surface area contributed by atoms with Crippen LogP contribution in [-0.2, 0) is 14.3 Å². The lowest BCUT2D eigenvalue weighted by Gasteiger charge is -2.30. The predicted octanol–water partition coefficient (Wildman–Crippen LogP) is 1.76. The van der Waals surface area contributed by atoms with Crippen LogP contribution in [-0.4, -0.2) is 11.8 Å². The summed E-state index contributed by atoms with van der Waals surface area (Å²) < 4.78 is 10.1. The highest BCUT2D eigenvalue weighted by atomic mass is 16.7. The van der Waals surface area contributed by atoms with Gasteiger partial charge in [0.25, 0.3) is 5.79 Å². The van der Waals surface area contributed by atoms with Crippen LogP contribution in [0.4, 0.5) is 0 Å². The van der Waals surface area contributed by atoms with E-state index in [1.165, 1.54) is 12.3 Å². The summed E-state index contributed by atoms with van der Waals surface area (Å²) >= 11 is 0. The van der Waals surface area contributed by atoms with Crippen molar-refractivity contribution < 1.29 is 14.3 Å². The third-order valence-corrected chi connectivity index (χ3v) is 1.64. The molecule has 0 aromatic rings. The minimum atomic E-state index is -0.806. The summed E-state index contributed by atoms with van der Waals surface area (Å²) in [5, 5.41) is 0. The third-order valence-electron chi connectivity index (χ3n) is 1.64. The van der Waals surface area contributed by atoms with Crippen molar-refractivity contribution in [3.05, 3.63) is 25.0 Å². The van der Waals surface area contributed by atoms with Crippen LogP contribution in [0.25, 0.3) is 0 Å². The molecule has 12 heavy (non-hydrogen) atoms. The van der Waals surface area contributed by atoms with E-state index in [4.69, 9.17) is 9.47 Å². The summed E-state index contributed by atoms with van der Waals surface area (Å²) in [6, 6.07) is 0. The van der Waals surface area contributed by atoms with Gasteiger partial charge in [-0.3, -0.25) is 0 Å². The van der Waals surface area contributed by atoms with Gasteiger partial charge in [0.05, 0.1) is 12.3 Å². The second-order valence-corrected chi connectivity index (χ2v) is 2.80. The first kappa shape index (κ1) is 8.84. The molecule has 3 heteroatoms. The average Bonchev–Trinajstić information content (AvgIpc) is 2.01. The van der Waals surface area contributed by atoms with E-state index in [9.17, 15) is 4.79 Å². The summed E-state index contributed by atoms with van der Waals surface area (Å²) in [6.45, 7) is 5.32. The summed E-state index contributed by atoms with van der Waals surface area (Å²) in [5.74, 6) is -1.16. The Bertz CT molecular complexity index is 220. The molecular weight excluding hydrogens is 156 g/mol. The number of ether oxygens (including phenoxy) is 2. The van der Waals surface area contributed by atoms with Crippen LogP contribution in [0.15, 0.2) is 25.0 Å². The van der Waals surface area contributed by atoms with Crippen LogP contribution < -0.4 is 0 Å². The van der Waals surface area contributed by atoms with E-state index in [-0.39, 0.29) is 5.97 Å². The molecular formula is C9H12O3. The van der Waals surface area contributed by atoms with Gasteiger partial charge in [0, 0.05) is 13.3 Å². The Kier molecular flexibility index (Phi) is 2.53. The highest BCUT2D eigenvalue weighted by Gasteiger charge is 2.30. The molecule has 0 bridgehead atoms. The van der Waals surface area contributed by atoms with Crippen molar-refractivity contribution in [3.63, 3.8) is 0 Å². The molecule has 0 N–H and O–H groups in total. The largest absolute Gasteiger partial charge is 0.460 e. The van der Waals surface area contributed by atoms with Crippen LogP contribution >= 0.6 is 0 Å². The number of cyclic esters (lactones) is 1. The molecule has 0 saturated carbocycles. The van der Waals surface area contributed by atoms with Crippen LogP contribution in [0, 0.1) is 0 Å². The number of carbonyl (C=O) groups excluding carboxylic acids is 1. The highest BCUT2D eigenvalue weighted by Crippen LogP contribution is 2.23. The van der Waals surface area contributed by atoms with E-state index in [0.29, 0.717) is 6.42 Å². The van der Waals surface area contributed by atoms with Gasteiger partial charge in [0.15, 0.2) is 0 Å². The number of hydrogen-bond acceptors (Lipinski definition) is 3. The zero-order valence-corrected chi connectivity index (χ0v) is 7.08. The molecule has 1 heterocycles.